The molecule has 0 amide bonds. The predicted molar refractivity (Wildman–Crippen MR) is 103 cm³/mol. The zero-order valence-corrected chi connectivity index (χ0v) is 14.9. The summed E-state index contributed by atoms with van der Waals surface area (Å²) in [6, 6.07) is 19.3. The molecule has 0 aliphatic rings. The lowest BCUT2D eigenvalue weighted by molar-refractivity contribution is 0.467. The number of rotatable bonds is 3. The zero-order valence-electron chi connectivity index (χ0n) is 13.4. The maximum Gasteiger partial charge on any atom is 0.230 e. The van der Waals surface area contributed by atoms with Crippen LogP contribution in [0.25, 0.3) is 22.3 Å². The Morgan fingerprint density at radius 3 is 2.42 bits per heavy atom. The first-order valence-electron chi connectivity index (χ1n) is 7.80. The Morgan fingerprint density at radius 1 is 0.846 bits per heavy atom. The molecule has 0 saturated heterocycles. The minimum Gasteiger partial charge on any atom is -0.507 e. The van der Waals surface area contributed by atoms with Crippen LogP contribution in [0.5, 0.6) is 17.4 Å². The van der Waals surface area contributed by atoms with Gasteiger partial charge in [0.1, 0.15) is 11.5 Å². The van der Waals surface area contributed by atoms with Crippen LogP contribution < -0.4 is 4.74 Å². The molecule has 4 aromatic rings. The topological polar surface area (TPSA) is 55.2 Å². The molecule has 0 spiro atoms. The Hall–Kier alpha value is -2.82. The minimum atomic E-state index is 0.0956. The van der Waals surface area contributed by atoms with Crippen LogP contribution in [-0.2, 0) is 0 Å². The fourth-order valence-electron chi connectivity index (χ4n) is 2.57. The molecule has 0 fully saturated rings. The summed E-state index contributed by atoms with van der Waals surface area (Å²) in [5, 5.41) is 11.8. The fourth-order valence-corrected chi connectivity index (χ4v) is 3.02. The number of aromatic hydroxyl groups is 1. The van der Waals surface area contributed by atoms with Gasteiger partial charge in [-0.05, 0) is 42.5 Å². The molecule has 0 aliphatic heterocycles. The van der Waals surface area contributed by atoms with E-state index in [1.807, 2.05) is 30.3 Å². The number of phenols is 1. The van der Waals surface area contributed by atoms with E-state index in [1.165, 1.54) is 0 Å². The van der Waals surface area contributed by atoms with Gasteiger partial charge in [-0.2, -0.15) is 4.98 Å². The second kappa shape index (κ2) is 6.83. The van der Waals surface area contributed by atoms with Crippen molar-refractivity contribution in [2.45, 2.75) is 0 Å². The van der Waals surface area contributed by atoms with Crippen molar-refractivity contribution < 1.29 is 9.84 Å². The first-order chi connectivity index (χ1) is 12.6. The van der Waals surface area contributed by atoms with Gasteiger partial charge in [0.15, 0.2) is 5.82 Å². The highest BCUT2D eigenvalue weighted by Gasteiger charge is 2.14. The molecule has 0 aliphatic carbocycles. The second-order valence-corrected chi connectivity index (χ2v) is 6.41. The predicted octanol–water partition coefficient (Wildman–Crippen LogP) is 6.10. The van der Waals surface area contributed by atoms with Crippen LogP contribution in [0.2, 0.25) is 10.0 Å². The molecule has 0 unspecified atom stereocenters. The van der Waals surface area contributed by atoms with Crippen LogP contribution >= 0.6 is 23.2 Å². The van der Waals surface area contributed by atoms with E-state index in [2.05, 4.69) is 9.97 Å². The van der Waals surface area contributed by atoms with Crippen LogP contribution in [-0.4, -0.2) is 15.1 Å². The monoisotopic (exact) mass is 382 g/mol. The van der Waals surface area contributed by atoms with Gasteiger partial charge in [0.05, 0.1) is 21.5 Å². The van der Waals surface area contributed by atoms with E-state index in [1.54, 1.807) is 36.4 Å². The Morgan fingerprint density at radius 2 is 1.62 bits per heavy atom. The Balaban J connectivity index is 1.89. The van der Waals surface area contributed by atoms with Crippen LogP contribution in [0.4, 0.5) is 0 Å². The highest BCUT2D eigenvalue weighted by Crippen LogP contribution is 2.36. The summed E-state index contributed by atoms with van der Waals surface area (Å²) in [5.74, 6) is 1.24. The zero-order chi connectivity index (χ0) is 18.1. The van der Waals surface area contributed by atoms with Gasteiger partial charge in [-0.1, -0.05) is 47.5 Å². The van der Waals surface area contributed by atoms with Gasteiger partial charge in [-0.25, -0.2) is 4.98 Å². The molecule has 1 heterocycles. The van der Waals surface area contributed by atoms with Gasteiger partial charge < -0.3 is 9.84 Å². The average Bonchev–Trinajstić information content (AvgIpc) is 2.64. The number of nitrogens with zero attached hydrogens (tertiary/aromatic N) is 2. The summed E-state index contributed by atoms with van der Waals surface area (Å²) in [5.41, 5.74) is 1.21. The van der Waals surface area contributed by atoms with E-state index >= 15 is 0 Å². The number of para-hydroxylation sites is 2. The van der Waals surface area contributed by atoms with Crippen molar-refractivity contribution in [3.8, 4) is 28.8 Å². The molecule has 4 rings (SSSR count). The third-order valence-electron chi connectivity index (χ3n) is 3.81. The minimum absolute atomic E-state index is 0.0956. The molecule has 1 aromatic heterocycles. The summed E-state index contributed by atoms with van der Waals surface area (Å²) in [4.78, 5) is 9.05. The van der Waals surface area contributed by atoms with E-state index in [9.17, 15) is 5.11 Å². The number of hydrogen-bond acceptors (Lipinski definition) is 4. The summed E-state index contributed by atoms with van der Waals surface area (Å²) in [7, 11) is 0. The van der Waals surface area contributed by atoms with Crippen molar-refractivity contribution in [1.29, 1.82) is 0 Å². The molecule has 1 N–H and O–H groups in total. The van der Waals surface area contributed by atoms with Crippen LogP contribution in [0.15, 0.2) is 66.7 Å². The number of benzene rings is 3. The van der Waals surface area contributed by atoms with Crippen molar-refractivity contribution in [3.05, 3.63) is 76.8 Å². The van der Waals surface area contributed by atoms with Crippen molar-refractivity contribution >= 4 is 34.1 Å². The number of fused-ring (bicyclic) bond motifs is 1. The SMILES string of the molecule is Oc1ccccc1-c1nc(Oc2ccc(Cl)cc2Cl)c2ccccc2n1. The number of phenolic OH excluding ortho intramolecular Hbond substituents is 1. The van der Waals surface area contributed by atoms with Crippen molar-refractivity contribution in [1.82, 2.24) is 9.97 Å². The van der Waals surface area contributed by atoms with Gasteiger partial charge in [0.2, 0.25) is 5.88 Å². The Kier molecular flexibility index (Phi) is 4.37. The number of aromatic nitrogens is 2. The number of ether oxygens (including phenoxy) is 1. The van der Waals surface area contributed by atoms with E-state index in [0.717, 1.165) is 5.39 Å². The molecule has 26 heavy (non-hydrogen) atoms. The largest absolute Gasteiger partial charge is 0.507 e. The van der Waals surface area contributed by atoms with Crippen molar-refractivity contribution in [2.24, 2.45) is 0 Å². The molecule has 0 bridgehead atoms. The molecular weight excluding hydrogens is 371 g/mol. The second-order valence-electron chi connectivity index (χ2n) is 5.56. The van der Waals surface area contributed by atoms with Crippen molar-refractivity contribution in [3.63, 3.8) is 0 Å². The Bertz CT molecular complexity index is 1120. The molecule has 0 saturated carbocycles. The lowest BCUT2D eigenvalue weighted by Crippen LogP contribution is -1.96. The molecule has 6 heteroatoms. The van der Waals surface area contributed by atoms with Gasteiger partial charge >= 0.3 is 0 Å². The van der Waals surface area contributed by atoms with Crippen LogP contribution in [0, 0.1) is 0 Å². The number of hydrogen-bond donors (Lipinski definition) is 1. The van der Waals surface area contributed by atoms with Crippen LogP contribution in [0.1, 0.15) is 0 Å². The summed E-state index contributed by atoms with van der Waals surface area (Å²) in [6.45, 7) is 0. The fraction of sp³-hybridized carbons (Fsp3) is 0. The molecule has 128 valence electrons. The quantitative estimate of drug-likeness (QED) is 0.464. The van der Waals surface area contributed by atoms with E-state index in [-0.39, 0.29) is 5.75 Å². The van der Waals surface area contributed by atoms with Crippen LogP contribution in [0.3, 0.4) is 0 Å². The first kappa shape index (κ1) is 16.6. The maximum atomic E-state index is 10.1. The number of halogens is 2. The third kappa shape index (κ3) is 3.17. The van der Waals surface area contributed by atoms with E-state index in [0.29, 0.717) is 38.6 Å². The average molecular weight is 383 g/mol. The molecule has 4 nitrogen and oxygen atoms in total. The van der Waals surface area contributed by atoms with Gasteiger partial charge in [0, 0.05) is 5.02 Å². The molecule has 0 atom stereocenters. The highest BCUT2D eigenvalue weighted by molar-refractivity contribution is 6.35. The third-order valence-corrected chi connectivity index (χ3v) is 4.34. The molecular formula is C20H12Cl2N2O2. The van der Waals surface area contributed by atoms with E-state index < -0.39 is 0 Å². The molecule has 3 aromatic carbocycles. The van der Waals surface area contributed by atoms with E-state index in [4.69, 9.17) is 27.9 Å². The molecule has 0 radical (unpaired) electrons. The lowest BCUT2D eigenvalue weighted by atomic mass is 10.1. The summed E-state index contributed by atoms with van der Waals surface area (Å²) >= 11 is 12.2. The maximum absolute atomic E-state index is 10.1. The Labute approximate surface area is 159 Å². The standard InChI is InChI=1S/C20H12Cl2N2O2/c21-12-9-10-18(15(22)11-12)26-20-13-5-1-3-7-16(13)23-19(24-20)14-6-2-4-8-17(14)25/h1-11,25H. The van der Waals surface area contributed by atoms with Gasteiger partial charge in [0.25, 0.3) is 0 Å². The highest BCUT2D eigenvalue weighted by atomic mass is 35.5. The first-order valence-corrected chi connectivity index (χ1v) is 8.55. The summed E-state index contributed by atoms with van der Waals surface area (Å²) < 4.78 is 5.96. The summed E-state index contributed by atoms with van der Waals surface area (Å²) in [6.07, 6.45) is 0. The van der Waals surface area contributed by atoms with Gasteiger partial charge in [-0.15, -0.1) is 0 Å². The smallest absolute Gasteiger partial charge is 0.230 e. The van der Waals surface area contributed by atoms with Gasteiger partial charge in [-0.3, -0.25) is 0 Å². The van der Waals surface area contributed by atoms with Crippen molar-refractivity contribution in [2.75, 3.05) is 0 Å². The lowest BCUT2D eigenvalue weighted by Gasteiger charge is -2.11. The normalized spacial score (nSPS) is 10.8.